The van der Waals surface area contributed by atoms with Crippen LogP contribution in [0.15, 0.2) is 36.4 Å². The molecule has 1 aromatic carbocycles. The molecule has 0 aliphatic heterocycles. The van der Waals surface area contributed by atoms with Gasteiger partial charge in [0.1, 0.15) is 5.75 Å². The summed E-state index contributed by atoms with van der Waals surface area (Å²) < 4.78 is 20.9. The molecule has 6 heteroatoms. The molecule has 104 valence electrons. The van der Waals surface area contributed by atoms with E-state index in [9.17, 15) is 9.36 Å². The van der Waals surface area contributed by atoms with Gasteiger partial charge >= 0.3 is 13.6 Å². The molecule has 1 unspecified atom stereocenters. The van der Waals surface area contributed by atoms with E-state index in [1.54, 1.807) is 31.2 Å². The minimum Gasteiger partial charge on any atom is -0.462 e. The van der Waals surface area contributed by atoms with Crippen molar-refractivity contribution in [2.45, 2.75) is 13.3 Å². The molecule has 0 radical (unpaired) electrons. The Morgan fingerprint density at radius 3 is 2.42 bits per heavy atom. The lowest BCUT2D eigenvalue weighted by Gasteiger charge is -2.09. The predicted molar refractivity (Wildman–Crippen MR) is 72.3 cm³/mol. The van der Waals surface area contributed by atoms with E-state index in [-0.39, 0.29) is 6.61 Å². The molecule has 0 amide bonds. The average molecular weight is 284 g/mol. The second-order valence-corrected chi connectivity index (χ2v) is 5.99. The highest BCUT2D eigenvalue weighted by atomic mass is 31.2. The highest BCUT2D eigenvalue weighted by Crippen LogP contribution is 2.37. The minimum atomic E-state index is -3.53. The summed E-state index contributed by atoms with van der Waals surface area (Å²) in [7, 11) is -3.53. The second kappa shape index (κ2) is 6.55. The van der Waals surface area contributed by atoms with Gasteiger partial charge in [-0.3, -0.25) is 0 Å². The molecule has 1 rings (SSSR count). The Balaban J connectivity index is 2.47. The second-order valence-electron chi connectivity index (χ2n) is 4.20. The van der Waals surface area contributed by atoms with E-state index in [1.165, 1.54) is 0 Å². The zero-order valence-corrected chi connectivity index (χ0v) is 11.9. The Morgan fingerprint density at radius 2 is 1.95 bits per heavy atom. The molecule has 1 aromatic rings. The first-order chi connectivity index (χ1) is 8.78. The van der Waals surface area contributed by atoms with Crippen LogP contribution in [-0.2, 0) is 20.5 Å². The molecule has 0 fully saturated rings. The van der Waals surface area contributed by atoms with Crippen LogP contribution >= 0.6 is 7.60 Å². The molecule has 19 heavy (non-hydrogen) atoms. The van der Waals surface area contributed by atoms with Crippen molar-refractivity contribution < 1.29 is 23.5 Å². The fourth-order valence-electron chi connectivity index (χ4n) is 1.30. The lowest BCUT2D eigenvalue weighted by molar-refractivity contribution is -0.138. The van der Waals surface area contributed by atoms with E-state index in [1.807, 2.05) is 0 Å². The number of ether oxygens (including phenoxy) is 1. The summed E-state index contributed by atoms with van der Waals surface area (Å²) in [5.74, 6) is -0.0804. The van der Waals surface area contributed by atoms with Crippen LogP contribution in [0.5, 0.6) is 5.75 Å². The number of hydrogen-bond donors (Lipinski definition) is 1. The van der Waals surface area contributed by atoms with Crippen LogP contribution in [0.4, 0.5) is 0 Å². The molecule has 1 atom stereocenters. The Bertz CT molecular complexity index is 500. The number of esters is 1. The molecule has 0 spiro atoms. The number of rotatable bonds is 6. The summed E-state index contributed by atoms with van der Waals surface area (Å²) in [4.78, 5) is 20.2. The summed E-state index contributed by atoms with van der Waals surface area (Å²) >= 11 is 0. The first kappa shape index (κ1) is 15.5. The highest BCUT2D eigenvalue weighted by molar-refractivity contribution is 7.52. The maximum atomic E-state index is 11.1. The van der Waals surface area contributed by atoms with E-state index in [2.05, 4.69) is 6.58 Å². The quantitative estimate of drug-likeness (QED) is 0.493. The number of carbonyl (C=O) groups excluding carboxylic acids is 1. The largest absolute Gasteiger partial charge is 0.462 e. The lowest BCUT2D eigenvalue weighted by atomic mass is 10.1. The van der Waals surface area contributed by atoms with Crippen molar-refractivity contribution >= 4 is 13.6 Å². The van der Waals surface area contributed by atoms with E-state index in [0.717, 1.165) is 12.2 Å². The maximum absolute atomic E-state index is 11.1. The van der Waals surface area contributed by atoms with Crippen molar-refractivity contribution in [2.75, 3.05) is 13.3 Å². The number of benzene rings is 1. The molecular formula is C13H17O5P. The summed E-state index contributed by atoms with van der Waals surface area (Å²) in [6.07, 6.45) is 0.558. The molecule has 0 aliphatic carbocycles. The van der Waals surface area contributed by atoms with Crippen molar-refractivity contribution in [1.29, 1.82) is 0 Å². The Morgan fingerprint density at radius 1 is 1.37 bits per heavy atom. The van der Waals surface area contributed by atoms with Gasteiger partial charge in [-0.2, -0.15) is 0 Å². The van der Waals surface area contributed by atoms with Crippen molar-refractivity contribution in [3.8, 4) is 5.75 Å². The SMILES string of the molecule is C=C(C)C(=O)OCCc1ccc(OP(C)(=O)O)cc1. The van der Waals surface area contributed by atoms with Crippen molar-refractivity contribution in [3.63, 3.8) is 0 Å². The van der Waals surface area contributed by atoms with Gasteiger partial charge in [0.15, 0.2) is 0 Å². The molecule has 0 aliphatic rings. The monoisotopic (exact) mass is 284 g/mol. The number of carbonyl (C=O) groups is 1. The van der Waals surface area contributed by atoms with E-state index < -0.39 is 13.6 Å². The summed E-state index contributed by atoms with van der Waals surface area (Å²) in [6, 6.07) is 6.70. The third-order valence-electron chi connectivity index (χ3n) is 2.17. The molecule has 0 aromatic heterocycles. The van der Waals surface area contributed by atoms with Gasteiger partial charge in [0.25, 0.3) is 0 Å². The minimum absolute atomic E-state index is 0.262. The third kappa shape index (κ3) is 6.22. The van der Waals surface area contributed by atoms with Gasteiger partial charge in [-0.1, -0.05) is 18.7 Å². The van der Waals surface area contributed by atoms with Crippen LogP contribution in [0.1, 0.15) is 12.5 Å². The van der Waals surface area contributed by atoms with Crippen LogP contribution in [-0.4, -0.2) is 24.1 Å². The Hall–Kier alpha value is -1.58. The van der Waals surface area contributed by atoms with Gasteiger partial charge in [-0.15, -0.1) is 0 Å². The molecular weight excluding hydrogens is 267 g/mol. The fourth-order valence-corrected chi connectivity index (χ4v) is 1.81. The molecule has 1 N–H and O–H groups in total. The van der Waals surface area contributed by atoms with Crippen LogP contribution in [0.2, 0.25) is 0 Å². The van der Waals surface area contributed by atoms with E-state index >= 15 is 0 Å². The van der Waals surface area contributed by atoms with Gasteiger partial charge in [0.05, 0.1) is 6.61 Å². The molecule has 0 heterocycles. The summed E-state index contributed by atoms with van der Waals surface area (Å²) in [5.41, 5.74) is 1.30. The van der Waals surface area contributed by atoms with Gasteiger partial charge < -0.3 is 14.2 Å². The Kier molecular flexibility index (Phi) is 5.33. The van der Waals surface area contributed by atoms with Gasteiger partial charge in [0, 0.05) is 18.7 Å². The maximum Gasteiger partial charge on any atom is 0.373 e. The zero-order chi connectivity index (χ0) is 14.5. The predicted octanol–water partition coefficient (Wildman–Crippen LogP) is 2.54. The van der Waals surface area contributed by atoms with Crippen LogP contribution in [0, 0.1) is 0 Å². The first-order valence-electron chi connectivity index (χ1n) is 5.69. The van der Waals surface area contributed by atoms with Gasteiger partial charge in [-0.05, 0) is 24.6 Å². The summed E-state index contributed by atoms with van der Waals surface area (Å²) in [6.45, 7) is 6.46. The highest BCUT2D eigenvalue weighted by Gasteiger charge is 2.11. The van der Waals surface area contributed by atoms with Crippen molar-refractivity contribution in [3.05, 3.63) is 42.0 Å². The molecule has 0 saturated carbocycles. The van der Waals surface area contributed by atoms with Gasteiger partial charge in [-0.25, -0.2) is 9.36 Å². The van der Waals surface area contributed by atoms with Crippen LogP contribution in [0.3, 0.4) is 0 Å². The van der Waals surface area contributed by atoms with Gasteiger partial charge in [0.2, 0.25) is 0 Å². The first-order valence-corrected chi connectivity index (χ1v) is 7.72. The molecule has 0 bridgehead atoms. The standard InChI is InChI=1S/C13H17O5P/c1-10(2)13(14)17-9-8-11-4-6-12(7-5-11)18-19(3,15)16/h4-7H,1,8-9H2,2-3H3,(H,15,16). The lowest BCUT2D eigenvalue weighted by Crippen LogP contribution is -2.07. The van der Waals surface area contributed by atoms with E-state index in [4.69, 9.17) is 14.2 Å². The smallest absolute Gasteiger partial charge is 0.373 e. The van der Waals surface area contributed by atoms with Crippen LogP contribution in [0.25, 0.3) is 0 Å². The topological polar surface area (TPSA) is 72.8 Å². The van der Waals surface area contributed by atoms with Crippen molar-refractivity contribution in [1.82, 2.24) is 0 Å². The fraction of sp³-hybridized carbons (Fsp3) is 0.308. The van der Waals surface area contributed by atoms with Crippen LogP contribution < -0.4 is 4.52 Å². The third-order valence-corrected chi connectivity index (χ3v) is 2.72. The Labute approximate surface area is 112 Å². The molecule has 0 saturated heterocycles. The zero-order valence-electron chi connectivity index (χ0n) is 11.0. The molecule has 5 nitrogen and oxygen atoms in total. The number of hydrogen-bond acceptors (Lipinski definition) is 4. The van der Waals surface area contributed by atoms with Crippen molar-refractivity contribution in [2.24, 2.45) is 0 Å². The summed E-state index contributed by atoms with van der Waals surface area (Å²) in [5, 5.41) is 0. The normalized spacial score (nSPS) is 13.4. The van der Waals surface area contributed by atoms with E-state index in [0.29, 0.717) is 17.7 Å². The average Bonchev–Trinajstić information content (AvgIpc) is 2.29.